The van der Waals surface area contributed by atoms with Gasteiger partial charge in [0.15, 0.2) is 0 Å². The van der Waals surface area contributed by atoms with Gasteiger partial charge in [-0.1, -0.05) is 12.1 Å². The van der Waals surface area contributed by atoms with E-state index in [0.717, 1.165) is 55.8 Å². The summed E-state index contributed by atoms with van der Waals surface area (Å²) in [6, 6.07) is 11.2. The third-order valence-electron chi connectivity index (χ3n) is 7.73. The van der Waals surface area contributed by atoms with E-state index in [4.69, 9.17) is 9.97 Å². The van der Waals surface area contributed by atoms with Crippen molar-refractivity contribution in [2.45, 2.75) is 51.1 Å². The predicted molar refractivity (Wildman–Crippen MR) is 128 cm³/mol. The molecule has 3 atom stereocenters. The fraction of sp³-hybridized carbons (Fsp3) is 0.538. The molecule has 168 valence electrons. The lowest BCUT2D eigenvalue weighted by Gasteiger charge is -2.44. The quantitative estimate of drug-likeness (QED) is 0.640. The van der Waals surface area contributed by atoms with Crippen LogP contribution in [0.4, 0.5) is 5.82 Å². The van der Waals surface area contributed by atoms with Crippen LogP contribution in [0.1, 0.15) is 55.1 Å². The molecular weight excluding hydrogens is 396 g/mol. The number of aryl methyl sites for hydroxylation is 1. The second kappa shape index (κ2) is 8.83. The number of imidazole rings is 1. The molecule has 6 rings (SSSR count). The largest absolute Gasteiger partial charge is 0.371 e. The van der Waals surface area contributed by atoms with Gasteiger partial charge < -0.3 is 10.6 Å². The molecule has 32 heavy (non-hydrogen) atoms. The number of aromatic nitrogens is 3. The van der Waals surface area contributed by atoms with Crippen molar-refractivity contribution in [3.63, 3.8) is 0 Å². The van der Waals surface area contributed by atoms with E-state index in [1.807, 2.05) is 6.20 Å². The smallest absolute Gasteiger partial charge is 0.138 e. The van der Waals surface area contributed by atoms with Crippen LogP contribution in [-0.2, 0) is 13.0 Å². The molecule has 5 heterocycles. The number of hydrogen-bond acceptors (Lipinski definition) is 5. The van der Waals surface area contributed by atoms with Crippen LogP contribution >= 0.6 is 0 Å². The Balaban J connectivity index is 1.22. The Morgan fingerprint density at radius 1 is 1.09 bits per heavy atom. The van der Waals surface area contributed by atoms with Crippen LogP contribution in [-0.4, -0.2) is 45.4 Å². The molecule has 3 aromatic rings. The monoisotopic (exact) mass is 430 g/mol. The third kappa shape index (κ3) is 3.90. The first-order valence-corrected chi connectivity index (χ1v) is 12.4. The number of pyridine rings is 2. The highest BCUT2D eigenvalue weighted by molar-refractivity contribution is 5.51. The van der Waals surface area contributed by atoms with Crippen LogP contribution in [0.3, 0.4) is 0 Å². The maximum atomic E-state index is 5.00. The molecule has 0 unspecified atom stereocenters. The molecule has 6 nitrogen and oxygen atoms in total. The molecule has 3 aromatic heterocycles. The lowest BCUT2D eigenvalue weighted by Crippen LogP contribution is -2.41. The Labute approximate surface area is 190 Å². The normalized spacial score (nSPS) is 25.9. The fourth-order valence-electron chi connectivity index (χ4n) is 6.13. The first-order chi connectivity index (χ1) is 15.8. The van der Waals surface area contributed by atoms with Crippen molar-refractivity contribution in [3.05, 3.63) is 59.7 Å². The lowest BCUT2D eigenvalue weighted by molar-refractivity contribution is 0.0687. The van der Waals surface area contributed by atoms with Crippen molar-refractivity contribution in [1.82, 2.24) is 24.6 Å². The first-order valence-electron chi connectivity index (χ1n) is 12.4. The molecule has 2 saturated heterocycles. The maximum absolute atomic E-state index is 5.00. The second-order valence-electron chi connectivity index (χ2n) is 9.87. The number of rotatable bonds is 5. The standard InChI is InChI=1S/C26H34N6/c1-8-23(29-16-19-5-2-12-27-15-19)32-18-22(30-24(32)9-1)17-31-14-4-7-21-11-10-20-6-3-13-28-25(20)26(21)31/h1,3,6,8-9,13,18-19,21,26-27,29H,2,4-5,7,10-12,14-17H2/t19-,21+,26+/m1/s1. The molecule has 0 aromatic carbocycles. The van der Waals surface area contributed by atoms with Crippen molar-refractivity contribution in [1.29, 1.82) is 0 Å². The number of piperidine rings is 2. The number of anilines is 1. The van der Waals surface area contributed by atoms with Crippen molar-refractivity contribution in [3.8, 4) is 0 Å². The second-order valence-corrected chi connectivity index (χ2v) is 9.87. The summed E-state index contributed by atoms with van der Waals surface area (Å²) in [6.45, 7) is 5.31. The molecule has 1 aliphatic carbocycles. The van der Waals surface area contributed by atoms with Crippen molar-refractivity contribution < 1.29 is 0 Å². The minimum absolute atomic E-state index is 0.440. The predicted octanol–water partition coefficient (Wildman–Crippen LogP) is 4.04. The van der Waals surface area contributed by atoms with Gasteiger partial charge in [-0.25, -0.2) is 4.98 Å². The minimum Gasteiger partial charge on any atom is -0.371 e. The van der Waals surface area contributed by atoms with Crippen LogP contribution in [0.15, 0.2) is 42.7 Å². The van der Waals surface area contributed by atoms with E-state index in [0.29, 0.717) is 12.0 Å². The zero-order chi connectivity index (χ0) is 21.3. The van der Waals surface area contributed by atoms with E-state index in [1.165, 1.54) is 49.8 Å². The van der Waals surface area contributed by atoms with Crippen LogP contribution in [0.25, 0.3) is 5.65 Å². The Kier molecular flexibility index (Phi) is 5.57. The van der Waals surface area contributed by atoms with Crippen molar-refractivity contribution in [2.75, 3.05) is 31.5 Å². The molecule has 2 aliphatic heterocycles. The van der Waals surface area contributed by atoms with Crippen LogP contribution in [0, 0.1) is 11.8 Å². The number of likely N-dealkylation sites (tertiary alicyclic amines) is 1. The summed E-state index contributed by atoms with van der Waals surface area (Å²) in [5.74, 6) is 2.57. The van der Waals surface area contributed by atoms with Gasteiger partial charge in [-0.15, -0.1) is 0 Å². The molecule has 2 fully saturated rings. The average Bonchev–Trinajstić information content (AvgIpc) is 3.26. The Bertz CT molecular complexity index is 1070. The third-order valence-corrected chi connectivity index (χ3v) is 7.73. The van der Waals surface area contributed by atoms with Gasteiger partial charge >= 0.3 is 0 Å². The lowest BCUT2D eigenvalue weighted by atomic mass is 9.77. The zero-order valence-electron chi connectivity index (χ0n) is 18.8. The molecule has 2 N–H and O–H groups in total. The van der Waals surface area contributed by atoms with E-state index < -0.39 is 0 Å². The maximum Gasteiger partial charge on any atom is 0.138 e. The SMILES string of the molecule is c1cnc2c(c1)CC[C@@H]1CCCN(Cc3cn4c(NC[C@@H]5CCCNC5)cccc4n3)[C@H]21. The summed E-state index contributed by atoms with van der Waals surface area (Å²) in [5, 5.41) is 7.21. The number of nitrogens with zero attached hydrogens (tertiary/aromatic N) is 4. The van der Waals surface area contributed by atoms with Crippen LogP contribution < -0.4 is 10.6 Å². The molecule has 6 heteroatoms. The highest BCUT2D eigenvalue weighted by Crippen LogP contribution is 2.43. The number of nitrogens with one attached hydrogen (secondary N) is 2. The first kappa shape index (κ1) is 20.2. The number of fused-ring (bicyclic) bond motifs is 4. The summed E-state index contributed by atoms with van der Waals surface area (Å²) in [7, 11) is 0. The van der Waals surface area contributed by atoms with Gasteiger partial charge in [-0.05, 0) is 93.8 Å². The summed E-state index contributed by atoms with van der Waals surface area (Å²) in [4.78, 5) is 12.5. The van der Waals surface area contributed by atoms with E-state index >= 15 is 0 Å². The summed E-state index contributed by atoms with van der Waals surface area (Å²) >= 11 is 0. The average molecular weight is 431 g/mol. The number of hydrogen-bond donors (Lipinski definition) is 2. The van der Waals surface area contributed by atoms with Crippen molar-refractivity contribution >= 4 is 11.5 Å². The van der Waals surface area contributed by atoms with Gasteiger partial charge in [0, 0.05) is 25.5 Å². The summed E-state index contributed by atoms with van der Waals surface area (Å²) in [5.41, 5.74) is 4.94. The fourth-order valence-corrected chi connectivity index (χ4v) is 6.13. The van der Waals surface area contributed by atoms with Crippen molar-refractivity contribution in [2.24, 2.45) is 11.8 Å². The van der Waals surface area contributed by atoms with E-state index in [1.54, 1.807) is 0 Å². The Hall–Kier alpha value is -2.44. The summed E-state index contributed by atoms with van der Waals surface area (Å²) in [6.07, 6.45) is 11.9. The highest BCUT2D eigenvalue weighted by atomic mass is 15.2. The minimum atomic E-state index is 0.440. The zero-order valence-corrected chi connectivity index (χ0v) is 18.8. The van der Waals surface area contributed by atoms with Gasteiger partial charge in [0.2, 0.25) is 0 Å². The van der Waals surface area contributed by atoms with E-state index in [2.05, 4.69) is 56.5 Å². The molecular formula is C26H34N6. The molecule has 0 saturated carbocycles. The molecule has 3 aliphatic rings. The van der Waals surface area contributed by atoms with Gasteiger partial charge in [0.05, 0.1) is 17.4 Å². The van der Waals surface area contributed by atoms with Gasteiger partial charge in [-0.3, -0.25) is 14.3 Å². The molecule has 0 bridgehead atoms. The highest BCUT2D eigenvalue weighted by Gasteiger charge is 2.37. The van der Waals surface area contributed by atoms with Crippen LogP contribution in [0.5, 0.6) is 0 Å². The van der Waals surface area contributed by atoms with E-state index in [-0.39, 0.29) is 0 Å². The summed E-state index contributed by atoms with van der Waals surface area (Å²) < 4.78 is 2.24. The topological polar surface area (TPSA) is 57.5 Å². The van der Waals surface area contributed by atoms with Gasteiger partial charge in [0.25, 0.3) is 0 Å². The van der Waals surface area contributed by atoms with Gasteiger partial charge in [-0.2, -0.15) is 0 Å². The Morgan fingerprint density at radius 2 is 2.09 bits per heavy atom. The van der Waals surface area contributed by atoms with E-state index in [9.17, 15) is 0 Å². The Morgan fingerprint density at radius 3 is 3.03 bits per heavy atom. The van der Waals surface area contributed by atoms with Crippen LogP contribution in [0.2, 0.25) is 0 Å². The van der Waals surface area contributed by atoms with Gasteiger partial charge in [0.1, 0.15) is 11.5 Å². The molecule has 0 radical (unpaired) electrons. The molecule has 0 spiro atoms. The molecule has 0 amide bonds.